The lowest BCUT2D eigenvalue weighted by atomic mass is 9.90. The topological polar surface area (TPSA) is 87.4 Å². The van der Waals surface area contributed by atoms with Gasteiger partial charge < -0.3 is 21.7 Å². The van der Waals surface area contributed by atoms with Crippen LogP contribution in [0.5, 0.6) is 0 Å². The highest BCUT2D eigenvalue weighted by atomic mass is 15.1. The Morgan fingerprint density at radius 3 is 2.56 bits per heavy atom. The van der Waals surface area contributed by atoms with Crippen molar-refractivity contribution in [3.63, 3.8) is 0 Å². The van der Waals surface area contributed by atoms with E-state index >= 15 is 0 Å². The van der Waals surface area contributed by atoms with Gasteiger partial charge >= 0.3 is 0 Å². The number of nitrogens with one attached hydrogen (secondary N) is 3. The molecule has 3 unspecified atom stereocenters. The molecule has 6 heteroatoms. The largest absolute Gasteiger partial charge is 0.384 e. The van der Waals surface area contributed by atoms with Crippen LogP contribution >= 0.6 is 0 Å². The number of nitrogens with two attached hydrogens (primary N) is 1. The SMILES string of the molecule is C=C(CC(C)(C)C)NC(C)C(CC)NC1=C(C)/C=C\C(CCN)C/C(Nc2cnc(CCCCC)c(C)c2)=N\1. The zero-order valence-corrected chi connectivity index (χ0v) is 26.1. The molecule has 218 valence electrons. The highest BCUT2D eigenvalue weighted by molar-refractivity contribution is 5.96. The smallest absolute Gasteiger partial charge is 0.131 e. The molecule has 5 N–H and O–H groups in total. The van der Waals surface area contributed by atoms with E-state index in [2.05, 4.69) is 96.1 Å². The second-order valence-corrected chi connectivity index (χ2v) is 12.5. The summed E-state index contributed by atoms with van der Waals surface area (Å²) in [6, 6.07) is 2.62. The fourth-order valence-electron chi connectivity index (χ4n) is 5.09. The van der Waals surface area contributed by atoms with Crippen molar-refractivity contribution in [2.45, 2.75) is 119 Å². The van der Waals surface area contributed by atoms with Gasteiger partial charge in [-0.05, 0) is 88.0 Å². The quantitative estimate of drug-likeness (QED) is 0.186. The Morgan fingerprint density at radius 1 is 1.21 bits per heavy atom. The lowest BCUT2D eigenvalue weighted by molar-refractivity contribution is 0.370. The number of pyridine rings is 1. The van der Waals surface area contributed by atoms with E-state index in [1.807, 2.05) is 6.20 Å². The van der Waals surface area contributed by atoms with Crippen molar-refractivity contribution >= 4 is 11.5 Å². The fraction of sp³-hybridized carbons (Fsp3) is 0.636. The van der Waals surface area contributed by atoms with Gasteiger partial charge in [-0.15, -0.1) is 0 Å². The van der Waals surface area contributed by atoms with Gasteiger partial charge in [-0.1, -0.05) is 66.2 Å². The maximum atomic E-state index is 5.95. The molecule has 0 spiro atoms. The molecule has 0 fully saturated rings. The Kier molecular flexibility index (Phi) is 13.3. The summed E-state index contributed by atoms with van der Waals surface area (Å²) in [7, 11) is 0. The van der Waals surface area contributed by atoms with Gasteiger partial charge in [0.25, 0.3) is 0 Å². The second-order valence-electron chi connectivity index (χ2n) is 12.5. The summed E-state index contributed by atoms with van der Waals surface area (Å²) in [5, 5.41) is 11.0. The molecule has 39 heavy (non-hydrogen) atoms. The van der Waals surface area contributed by atoms with Crippen LogP contribution in [0.4, 0.5) is 5.69 Å². The number of hydrogen-bond donors (Lipinski definition) is 4. The van der Waals surface area contributed by atoms with Crippen LogP contribution in [0.3, 0.4) is 0 Å². The van der Waals surface area contributed by atoms with E-state index in [1.54, 1.807) is 0 Å². The van der Waals surface area contributed by atoms with Crippen LogP contribution in [0.15, 0.2) is 53.1 Å². The van der Waals surface area contributed by atoms with Gasteiger partial charge in [0.05, 0.1) is 11.9 Å². The van der Waals surface area contributed by atoms with E-state index < -0.39 is 0 Å². The van der Waals surface area contributed by atoms with Gasteiger partial charge in [0, 0.05) is 29.9 Å². The van der Waals surface area contributed by atoms with Crippen LogP contribution in [0.25, 0.3) is 0 Å². The first-order chi connectivity index (χ1) is 18.4. The first-order valence-corrected chi connectivity index (χ1v) is 15.1. The first kappa shape index (κ1) is 32.6. The molecule has 0 aromatic carbocycles. The number of aliphatic imine (C=N–C) groups is 1. The number of allylic oxidation sites excluding steroid dienone is 4. The van der Waals surface area contributed by atoms with Crippen LogP contribution in [0.2, 0.25) is 0 Å². The van der Waals surface area contributed by atoms with Crippen LogP contribution < -0.4 is 21.7 Å². The first-order valence-electron chi connectivity index (χ1n) is 15.1. The average molecular weight is 537 g/mol. The van der Waals surface area contributed by atoms with E-state index in [9.17, 15) is 0 Å². The molecular weight excluding hydrogens is 480 g/mol. The predicted molar refractivity (Wildman–Crippen MR) is 170 cm³/mol. The summed E-state index contributed by atoms with van der Waals surface area (Å²) in [5.41, 5.74) is 11.8. The Labute approximate surface area is 239 Å². The third-order valence-corrected chi connectivity index (χ3v) is 7.27. The summed E-state index contributed by atoms with van der Waals surface area (Å²) in [5.74, 6) is 2.18. The molecule has 1 aromatic heterocycles. The van der Waals surface area contributed by atoms with Crippen molar-refractivity contribution in [1.29, 1.82) is 0 Å². The van der Waals surface area contributed by atoms with Crippen molar-refractivity contribution < 1.29 is 0 Å². The Morgan fingerprint density at radius 2 is 1.95 bits per heavy atom. The zero-order valence-electron chi connectivity index (χ0n) is 26.1. The van der Waals surface area contributed by atoms with Crippen LogP contribution in [0.1, 0.15) is 105 Å². The molecule has 0 aliphatic carbocycles. The lowest BCUT2D eigenvalue weighted by Gasteiger charge is -2.30. The van der Waals surface area contributed by atoms with Crippen molar-refractivity contribution in [3.05, 3.63) is 59.3 Å². The van der Waals surface area contributed by atoms with Gasteiger partial charge in [0.1, 0.15) is 11.7 Å². The molecule has 1 aliphatic heterocycles. The minimum Gasteiger partial charge on any atom is -0.384 e. The number of rotatable bonds is 14. The van der Waals surface area contributed by atoms with E-state index in [0.717, 1.165) is 60.7 Å². The third kappa shape index (κ3) is 11.6. The van der Waals surface area contributed by atoms with E-state index in [1.165, 1.54) is 30.5 Å². The van der Waals surface area contributed by atoms with Gasteiger partial charge in [0.2, 0.25) is 0 Å². The fourth-order valence-corrected chi connectivity index (χ4v) is 5.09. The van der Waals surface area contributed by atoms with Crippen molar-refractivity contribution in [3.8, 4) is 0 Å². The van der Waals surface area contributed by atoms with Gasteiger partial charge in [-0.25, -0.2) is 4.99 Å². The third-order valence-electron chi connectivity index (χ3n) is 7.27. The molecule has 6 nitrogen and oxygen atoms in total. The minimum atomic E-state index is 0.203. The molecular formula is C33H56N6. The Hall–Kier alpha value is -2.60. The van der Waals surface area contributed by atoms with Gasteiger partial charge in [-0.3, -0.25) is 4.98 Å². The molecule has 0 amide bonds. The Bertz CT molecular complexity index is 1010. The number of amidine groups is 1. The molecule has 1 aromatic rings. The molecule has 2 heterocycles. The van der Waals surface area contributed by atoms with Crippen LogP contribution in [-0.4, -0.2) is 29.4 Å². The average Bonchev–Trinajstić information content (AvgIpc) is 2.84. The maximum absolute atomic E-state index is 5.95. The van der Waals surface area contributed by atoms with Crippen molar-refractivity contribution in [2.75, 3.05) is 11.9 Å². The second kappa shape index (κ2) is 15.9. The molecule has 2 rings (SSSR count). The summed E-state index contributed by atoms with van der Waals surface area (Å²) in [4.78, 5) is 9.96. The number of unbranched alkanes of at least 4 members (excludes halogenated alkanes) is 2. The summed E-state index contributed by atoms with van der Waals surface area (Å²) in [6.07, 6.45) is 14.8. The number of aromatic nitrogens is 1. The van der Waals surface area contributed by atoms with E-state index in [0.29, 0.717) is 12.5 Å². The van der Waals surface area contributed by atoms with Crippen LogP contribution in [0, 0.1) is 18.3 Å². The van der Waals surface area contributed by atoms with Gasteiger partial charge in [0.15, 0.2) is 0 Å². The standard InChI is InChI=1S/C33H56N6/c1-10-12-13-14-30-24(4)19-28(22-35-30)37-31-20-27(17-18-34)16-15-23(3)32(39-31)38-29(11-2)26(6)36-25(5)21-33(7,8)9/h15-16,19,22,26-27,29,36,38H,5,10-14,17-18,20-21,34H2,1-4,6-9H3,(H,37,39)/b16-15-,32-23-. The van der Waals surface area contributed by atoms with Crippen molar-refractivity contribution in [1.82, 2.24) is 15.6 Å². The van der Waals surface area contributed by atoms with E-state index in [-0.39, 0.29) is 17.5 Å². The summed E-state index contributed by atoms with van der Waals surface area (Å²) in [6.45, 7) is 22.6. The highest BCUT2D eigenvalue weighted by Gasteiger charge is 2.21. The lowest BCUT2D eigenvalue weighted by Crippen LogP contribution is -2.45. The molecule has 0 saturated heterocycles. The summed E-state index contributed by atoms with van der Waals surface area (Å²) >= 11 is 0. The van der Waals surface area contributed by atoms with E-state index in [4.69, 9.17) is 15.7 Å². The normalized spacial score (nSPS) is 21.7. The number of nitrogens with zero attached hydrogens (tertiary/aromatic N) is 2. The zero-order chi connectivity index (χ0) is 29.0. The van der Waals surface area contributed by atoms with Gasteiger partial charge in [-0.2, -0.15) is 0 Å². The molecule has 3 atom stereocenters. The number of aryl methyl sites for hydroxylation is 2. The summed E-state index contributed by atoms with van der Waals surface area (Å²) < 4.78 is 0. The van der Waals surface area contributed by atoms with Crippen molar-refractivity contribution in [2.24, 2.45) is 22.1 Å². The highest BCUT2D eigenvalue weighted by Crippen LogP contribution is 2.24. The molecule has 0 bridgehead atoms. The number of anilines is 1. The van der Waals surface area contributed by atoms with Crippen LogP contribution in [-0.2, 0) is 6.42 Å². The Balaban J connectivity index is 2.27. The molecule has 0 radical (unpaired) electrons. The minimum absolute atomic E-state index is 0.203. The monoisotopic (exact) mass is 536 g/mol. The molecule has 1 aliphatic rings. The predicted octanol–water partition coefficient (Wildman–Crippen LogP) is 7.39. The number of hydrogen-bond acceptors (Lipinski definition) is 6. The molecule has 0 saturated carbocycles. The maximum Gasteiger partial charge on any atom is 0.131 e.